The molecule has 0 bridgehead atoms. The van der Waals surface area contributed by atoms with Gasteiger partial charge in [0.1, 0.15) is 18.2 Å². The monoisotopic (exact) mass is 269 g/mol. The molecular weight excluding hydrogens is 259 g/mol. The summed E-state index contributed by atoms with van der Waals surface area (Å²) in [5, 5.41) is 0. The molecule has 0 saturated heterocycles. The van der Waals surface area contributed by atoms with Crippen LogP contribution in [0, 0.1) is 5.82 Å². The third-order valence-electron chi connectivity index (χ3n) is 2.58. The molecule has 2 aromatic carbocycles. The van der Waals surface area contributed by atoms with E-state index in [4.69, 9.17) is 4.74 Å². The van der Waals surface area contributed by atoms with E-state index < -0.39 is 12.4 Å². The Kier molecular flexibility index (Phi) is 3.78. The van der Waals surface area contributed by atoms with E-state index in [0.29, 0.717) is 5.75 Å². The zero-order valence-corrected chi connectivity index (χ0v) is 9.82. The van der Waals surface area contributed by atoms with Crippen LogP contribution < -0.4 is 10.2 Å². The van der Waals surface area contributed by atoms with Crippen molar-refractivity contribution in [1.29, 1.82) is 0 Å². The number of rotatable bonds is 4. The van der Waals surface area contributed by atoms with Crippen LogP contribution >= 0.6 is 0 Å². The normalized spacial score (nSPS) is 11.4. The fourth-order valence-corrected chi connectivity index (χ4v) is 1.53. The second kappa shape index (κ2) is 5.34. The van der Waals surface area contributed by atoms with Crippen LogP contribution in [-0.4, -0.2) is 6.98 Å². The highest BCUT2D eigenvalue weighted by Crippen LogP contribution is 2.15. The van der Waals surface area contributed by atoms with Crippen LogP contribution in [0.15, 0.2) is 48.5 Å². The van der Waals surface area contributed by atoms with Gasteiger partial charge in [-0.05, 0) is 29.8 Å². The van der Waals surface area contributed by atoms with E-state index in [1.54, 1.807) is 12.1 Å². The number of hydrogen-bond acceptors (Lipinski definition) is 1. The van der Waals surface area contributed by atoms with Crippen LogP contribution in [0.2, 0.25) is 0 Å². The highest BCUT2D eigenvalue weighted by Gasteiger charge is 2.24. The molecule has 0 aliphatic heterocycles. The molecule has 0 amide bonds. The average Bonchev–Trinajstić information content (AvgIpc) is 2.37. The van der Waals surface area contributed by atoms with Crippen molar-refractivity contribution in [2.75, 3.05) is 0 Å². The second-order valence-electron chi connectivity index (χ2n) is 4.06. The van der Waals surface area contributed by atoms with Crippen LogP contribution in [-0.2, 0) is 6.61 Å². The van der Waals surface area contributed by atoms with Crippen molar-refractivity contribution in [2.24, 2.45) is 0 Å². The summed E-state index contributed by atoms with van der Waals surface area (Å²) in [6.45, 7) is -4.80. The van der Waals surface area contributed by atoms with E-state index in [9.17, 15) is 17.3 Å². The Morgan fingerprint density at radius 3 is 1.95 bits per heavy atom. The minimum absolute atomic E-state index is 0.177. The van der Waals surface area contributed by atoms with Crippen LogP contribution in [0.3, 0.4) is 0 Å². The molecule has 0 aromatic heterocycles. The minimum atomic E-state index is -4.98. The zero-order valence-electron chi connectivity index (χ0n) is 9.82. The summed E-state index contributed by atoms with van der Waals surface area (Å²) in [5.41, 5.74) is 0.0830. The Morgan fingerprint density at radius 1 is 0.842 bits per heavy atom. The molecule has 0 radical (unpaired) electrons. The topological polar surface area (TPSA) is 9.23 Å². The maximum atomic E-state index is 12.7. The molecular formula is C13H10BF4O-. The van der Waals surface area contributed by atoms with Crippen LogP contribution in [0.25, 0.3) is 0 Å². The lowest BCUT2D eigenvalue weighted by atomic mass is 9.80. The fourth-order valence-electron chi connectivity index (χ4n) is 1.53. The summed E-state index contributed by atoms with van der Waals surface area (Å²) >= 11 is 0. The zero-order chi connectivity index (χ0) is 13.9. The summed E-state index contributed by atoms with van der Waals surface area (Å²) < 4.78 is 55.2. The number of hydrogen-bond donors (Lipinski definition) is 0. The predicted octanol–water partition coefficient (Wildman–Crippen LogP) is 3.46. The number of halogens is 4. The van der Waals surface area contributed by atoms with Gasteiger partial charge in [0.2, 0.25) is 0 Å². The van der Waals surface area contributed by atoms with Crippen molar-refractivity contribution in [1.82, 2.24) is 0 Å². The Morgan fingerprint density at radius 2 is 1.42 bits per heavy atom. The first-order valence-corrected chi connectivity index (χ1v) is 5.62. The Balaban J connectivity index is 1.98. The molecule has 0 atom stereocenters. The molecule has 0 heterocycles. The van der Waals surface area contributed by atoms with E-state index in [2.05, 4.69) is 0 Å². The standard InChI is InChI=1S/C13H10BF4O/c15-12-5-1-10(2-6-12)9-19-13-7-3-11(4-8-13)14(16,17)18/h1-8H,9H2/q-1. The molecule has 2 aromatic rings. The largest absolute Gasteiger partial charge is 0.509 e. The molecule has 1 nitrogen and oxygen atoms in total. The van der Waals surface area contributed by atoms with Crippen molar-refractivity contribution in [2.45, 2.75) is 6.61 Å². The van der Waals surface area contributed by atoms with Crippen molar-refractivity contribution >= 4 is 12.4 Å². The van der Waals surface area contributed by atoms with E-state index >= 15 is 0 Å². The van der Waals surface area contributed by atoms with E-state index in [1.807, 2.05) is 0 Å². The lowest BCUT2D eigenvalue weighted by Crippen LogP contribution is -2.33. The molecule has 19 heavy (non-hydrogen) atoms. The first-order chi connectivity index (χ1) is 8.95. The maximum absolute atomic E-state index is 12.7. The molecule has 0 saturated carbocycles. The molecule has 100 valence electrons. The molecule has 2 rings (SSSR count). The lowest BCUT2D eigenvalue weighted by Gasteiger charge is -2.15. The highest BCUT2D eigenvalue weighted by atomic mass is 19.4. The van der Waals surface area contributed by atoms with Gasteiger partial charge < -0.3 is 17.7 Å². The van der Waals surface area contributed by atoms with Crippen LogP contribution in [0.4, 0.5) is 17.3 Å². The van der Waals surface area contributed by atoms with Crippen molar-refractivity contribution in [3.05, 3.63) is 59.9 Å². The van der Waals surface area contributed by atoms with Gasteiger partial charge in [-0.15, -0.1) is 5.46 Å². The molecule has 6 heteroatoms. The van der Waals surface area contributed by atoms with Gasteiger partial charge in [-0.3, -0.25) is 0 Å². The molecule has 0 N–H and O–H groups in total. The van der Waals surface area contributed by atoms with Gasteiger partial charge in [-0.1, -0.05) is 24.3 Å². The van der Waals surface area contributed by atoms with E-state index in [-0.39, 0.29) is 12.4 Å². The smallest absolute Gasteiger partial charge is 0.489 e. The first-order valence-electron chi connectivity index (χ1n) is 5.62. The summed E-state index contributed by atoms with van der Waals surface area (Å²) in [7, 11) is 0. The van der Waals surface area contributed by atoms with Gasteiger partial charge in [0.05, 0.1) is 0 Å². The summed E-state index contributed by atoms with van der Waals surface area (Å²) in [6.07, 6.45) is 0. The average molecular weight is 269 g/mol. The molecule has 0 spiro atoms. The highest BCUT2D eigenvalue weighted by molar-refractivity contribution is 6.73. The molecule has 0 aliphatic rings. The fraction of sp³-hybridized carbons (Fsp3) is 0.0769. The van der Waals surface area contributed by atoms with E-state index in [0.717, 1.165) is 17.7 Å². The Hall–Kier alpha value is -1.98. The van der Waals surface area contributed by atoms with Gasteiger partial charge in [0, 0.05) is 0 Å². The minimum Gasteiger partial charge on any atom is -0.489 e. The predicted molar refractivity (Wildman–Crippen MR) is 65.9 cm³/mol. The first kappa shape index (κ1) is 13.5. The molecule has 0 aliphatic carbocycles. The van der Waals surface area contributed by atoms with Gasteiger partial charge >= 0.3 is 6.98 Å². The summed E-state index contributed by atoms with van der Waals surface area (Å²) in [5.74, 6) is -0.00589. The summed E-state index contributed by atoms with van der Waals surface area (Å²) in [6, 6.07) is 10.2. The SMILES string of the molecule is Fc1ccc(COc2ccc([B-](F)(F)F)cc2)cc1. The number of ether oxygens (including phenoxy) is 1. The second-order valence-corrected chi connectivity index (χ2v) is 4.06. The third-order valence-corrected chi connectivity index (χ3v) is 2.58. The van der Waals surface area contributed by atoms with Crippen molar-refractivity contribution < 1.29 is 22.1 Å². The Labute approximate surface area is 107 Å². The third kappa shape index (κ3) is 3.74. The van der Waals surface area contributed by atoms with Crippen LogP contribution in [0.5, 0.6) is 5.75 Å². The lowest BCUT2D eigenvalue weighted by molar-refractivity contribution is 0.306. The van der Waals surface area contributed by atoms with E-state index in [1.165, 1.54) is 24.3 Å². The van der Waals surface area contributed by atoms with Gasteiger partial charge in [-0.2, -0.15) is 0 Å². The summed E-state index contributed by atoms with van der Waals surface area (Å²) in [4.78, 5) is 0. The van der Waals surface area contributed by atoms with Crippen LogP contribution in [0.1, 0.15) is 5.56 Å². The quantitative estimate of drug-likeness (QED) is 0.610. The van der Waals surface area contributed by atoms with Gasteiger partial charge in [0.25, 0.3) is 0 Å². The Bertz CT molecular complexity index is 534. The van der Waals surface area contributed by atoms with Gasteiger partial charge in [0.15, 0.2) is 0 Å². The van der Waals surface area contributed by atoms with Crippen molar-refractivity contribution in [3.8, 4) is 5.75 Å². The van der Waals surface area contributed by atoms with Crippen molar-refractivity contribution in [3.63, 3.8) is 0 Å². The maximum Gasteiger partial charge on any atom is 0.509 e. The molecule has 0 unspecified atom stereocenters. The van der Waals surface area contributed by atoms with Gasteiger partial charge in [-0.25, -0.2) is 4.39 Å². The number of benzene rings is 2. The molecule has 0 fully saturated rings.